The number of aromatic amines is 2. The molecule has 8 heteroatoms. The third kappa shape index (κ3) is 4.87. The topological polar surface area (TPSA) is 31.6 Å². The molecule has 0 unspecified atom stereocenters. The molecule has 1 heterocycles. The SMILES string of the molecule is S=c1[nH][nH]sc1=S.[S]=[Mo]=[S]. The Morgan fingerprint density at radius 2 is 1.80 bits per heavy atom. The van der Waals surface area contributed by atoms with Gasteiger partial charge < -0.3 is 0 Å². The van der Waals surface area contributed by atoms with E-state index in [1.165, 1.54) is 11.5 Å². The van der Waals surface area contributed by atoms with Crippen molar-refractivity contribution in [1.82, 2.24) is 9.59 Å². The van der Waals surface area contributed by atoms with Crippen molar-refractivity contribution in [3.8, 4) is 0 Å². The fraction of sp³-hybridized carbons (Fsp3) is 0. The summed E-state index contributed by atoms with van der Waals surface area (Å²) in [5, 5.41) is 2.67. The molecule has 0 bridgehead atoms. The van der Waals surface area contributed by atoms with E-state index in [4.69, 9.17) is 24.4 Å². The average Bonchev–Trinajstić information content (AvgIpc) is 2.19. The zero-order chi connectivity index (χ0) is 7.98. The number of rotatable bonds is 0. The van der Waals surface area contributed by atoms with Crippen LogP contribution in [0.4, 0.5) is 0 Å². The van der Waals surface area contributed by atoms with E-state index in [2.05, 4.69) is 29.2 Å². The van der Waals surface area contributed by atoms with Gasteiger partial charge in [0.1, 0.15) is 8.46 Å². The zero-order valence-electron chi connectivity index (χ0n) is 4.45. The third-order valence-electron chi connectivity index (χ3n) is 0.494. The van der Waals surface area contributed by atoms with Gasteiger partial charge in [-0.15, -0.1) is 0 Å². The molecule has 0 saturated heterocycles. The molecule has 56 valence electrons. The molecular weight excluding hydrogens is 308 g/mol. The Balaban J connectivity index is 0.000000236. The molecule has 0 fully saturated rings. The summed E-state index contributed by atoms with van der Waals surface area (Å²) in [6.07, 6.45) is 0. The Morgan fingerprint density at radius 1 is 1.30 bits per heavy atom. The van der Waals surface area contributed by atoms with Gasteiger partial charge in [-0.05, 0) is 11.5 Å². The van der Waals surface area contributed by atoms with Gasteiger partial charge in [0.05, 0.1) is 0 Å². The molecule has 0 spiro atoms. The van der Waals surface area contributed by atoms with Gasteiger partial charge in [-0.3, -0.25) is 9.59 Å². The first-order valence-corrected chi connectivity index (χ1v) is 9.12. The normalized spacial score (nSPS) is 7.60. The van der Waals surface area contributed by atoms with Crippen LogP contribution in [0, 0.1) is 8.46 Å². The first-order valence-electron chi connectivity index (χ1n) is 1.90. The van der Waals surface area contributed by atoms with Crippen LogP contribution in [0.25, 0.3) is 0 Å². The number of hydrogen-bond acceptors (Lipinski definition) is 5. The summed E-state index contributed by atoms with van der Waals surface area (Å²) in [5.41, 5.74) is 0. The molecule has 0 radical (unpaired) electrons. The van der Waals surface area contributed by atoms with Crippen LogP contribution in [0.1, 0.15) is 0 Å². The quantitative estimate of drug-likeness (QED) is 0.569. The van der Waals surface area contributed by atoms with E-state index in [0.29, 0.717) is 4.64 Å². The monoisotopic (exact) mass is 312 g/mol. The van der Waals surface area contributed by atoms with Gasteiger partial charge >= 0.3 is 34.6 Å². The Morgan fingerprint density at radius 3 is 1.90 bits per heavy atom. The van der Waals surface area contributed by atoms with Crippen LogP contribution >= 0.6 is 55.6 Å². The second-order valence-corrected chi connectivity index (χ2v) is 6.46. The summed E-state index contributed by atoms with van der Waals surface area (Å²) >= 11 is 10.4. The fourth-order valence-corrected chi connectivity index (χ4v) is 1.02. The van der Waals surface area contributed by atoms with E-state index in [0.717, 1.165) is 3.82 Å². The van der Waals surface area contributed by atoms with Gasteiger partial charge in [0.2, 0.25) is 0 Å². The predicted molar refractivity (Wildman–Crippen MR) is 49.9 cm³/mol. The molecule has 0 atom stereocenters. The van der Waals surface area contributed by atoms with Gasteiger partial charge in [0.25, 0.3) is 0 Å². The summed E-state index contributed by atoms with van der Waals surface area (Å²) in [6, 6.07) is 0. The standard InChI is InChI=1S/C2H2N2S3.Mo.2S/c5-1-2(6)7-4-3-1;;;/h4H,(H,3,5);;;. The van der Waals surface area contributed by atoms with Crippen molar-refractivity contribution in [1.29, 1.82) is 0 Å². The summed E-state index contributed by atoms with van der Waals surface area (Å²) in [4.78, 5) is 0. The van der Waals surface area contributed by atoms with Gasteiger partial charge in [0.15, 0.2) is 0 Å². The Kier molecular flexibility index (Phi) is 7.58. The van der Waals surface area contributed by atoms with E-state index in [1.54, 1.807) is 0 Å². The van der Waals surface area contributed by atoms with Gasteiger partial charge in [0, 0.05) is 0 Å². The molecule has 0 aliphatic carbocycles. The second kappa shape index (κ2) is 6.81. The summed E-state index contributed by atoms with van der Waals surface area (Å²) in [7, 11) is 8.68. The summed E-state index contributed by atoms with van der Waals surface area (Å²) in [6.45, 7) is 0. The molecule has 0 amide bonds. The molecule has 0 aliphatic heterocycles. The van der Waals surface area contributed by atoms with Crippen LogP contribution in [0.3, 0.4) is 0 Å². The van der Waals surface area contributed by atoms with Gasteiger partial charge in [-0.1, -0.05) is 24.4 Å². The summed E-state index contributed by atoms with van der Waals surface area (Å²) < 4.78 is 4.05. The molecule has 0 saturated carbocycles. The van der Waals surface area contributed by atoms with Gasteiger partial charge in [-0.25, -0.2) is 0 Å². The van der Waals surface area contributed by atoms with Crippen LogP contribution in [0.2, 0.25) is 0 Å². The van der Waals surface area contributed by atoms with E-state index in [1.807, 2.05) is 0 Å². The minimum absolute atomic E-state index is 0.363. The molecule has 2 nitrogen and oxygen atoms in total. The van der Waals surface area contributed by atoms with Crippen LogP contribution in [0.15, 0.2) is 0 Å². The number of aromatic nitrogens is 2. The third-order valence-corrected chi connectivity index (χ3v) is 2.11. The molecule has 1 aromatic heterocycles. The molecule has 0 aromatic carbocycles. The Labute approximate surface area is 87.6 Å². The van der Waals surface area contributed by atoms with Crippen molar-refractivity contribution >= 4 is 55.6 Å². The van der Waals surface area contributed by atoms with E-state index < -0.39 is 0 Å². The maximum atomic E-state index is 4.74. The predicted octanol–water partition coefficient (Wildman–Crippen LogP) is 3.16. The van der Waals surface area contributed by atoms with Crippen molar-refractivity contribution < 1.29 is 14.9 Å². The molecule has 2 N–H and O–H groups in total. The minimum atomic E-state index is -0.363. The van der Waals surface area contributed by atoms with Crippen molar-refractivity contribution in [2.45, 2.75) is 0 Å². The Hall–Kier alpha value is 1.13. The van der Waals surface area contributed by atoms with Crippen LogP contribution in [-0.2, 0) is 14.9 Å². The molecule has 0 aliphatic rings. The van der Waals surface area contributed by atoms with Crippen LogP contribution in [-0.4, -0.2) is 9.59 Å². The fourth-order valence-electron chi connectivity index (χ4n) is 0.216. The van der Waals surface area contributed by atoms with E-state index in [-0.39, 0.29) is 14.9 Å². The van der Waals surface area contributed by atoms with Crippen LogP contribution < -0.4 is 0 Å². The number of hydrogen-bond donors (Lipinski definition) is 2. The van der Waals surface area contributed by atoms with Crippen LogP contribution in [0.5, 0.6) is 0 Å². The zero-order valence-corrected chi connectivity index (χ0v) is 10.5. The summed E-state index contributed by atoms with van der Waals surface area (Å²) in [5.74, 6) is 0. The van der Waals surface area contributed by atoms with Crippen molar-refractivity contribution in [2.24, 2.45) is 0 Å². The second-order valence-electron chi connectivity index (χ2n) is 1.01. The first kappa shape index (κ1) is 11.1. The Bertz CT molecular complexity index is 288. The van der Waals surface area contributed by atoms with E-state index >= 15 is 0 Å². The van der Waals surface area contributed by atoms with Gasteiger partial charge in [-0.2, -0.15) is 0 Å². The molecule has 10 heavy (non-hydrogen) atoms. The van der Waals surface area contributed by atoms with E-state index in [9.17, 15) is 0 Å². The van der Waals surface area contributed by atoms with Crippen molar-refractivity contribution in [2.75, 3.05) is 0 Å². The van der Waals surface area contributed by atoms with Crippen molar-refractivity contribution in [3.05, 3.63) is 8.46 Å². The number of H-pyrrole nitrogens is 2. The molecular formula is C2H2MoN2S5. The van der Waals surface area contributed by atoms with Crippen molar-refractivity contribution in [3.63, 3.8) is 0 Å². The first-order chi connectivity index (χ1) is 4.72. The molecule has 1 aromatic rings. The maximum absolute atomic E-state index is 4.74. The molecule has 1 rings (SSSR count). The average molecular weight is 310 g/mol. The number of nitrogens with one attached hydrogen (secondary N) is 2.